The third kappa shape index (κ3) is 3.26. The van der Waals surface area contributed by atoms with Gasteiger partial charge in [-0.15, -0.1) is 0 Å². The van der Waals surface area contributed by atoms with Crippen LogP contribution in [0.2, 0.25) is 0 Å². The number of aliphatic hydroxyl groups is 1. The number of hydrogen-bond acceptors (Lipinski definition) is 4. The van der Waals surface area contributed by atoms with Gasteiger partial charge in [0, 0.05) is 19.8 Å². The summed E-state index contributed by atoms with van der Waals surface area (Å²) in [5.41, 5.74) is 0.766. The minimum absolute atomic E-state index is 0.00599. The normalized spacial score (nSPS) is 13.6. The smallest absolute Gasteiger partial charge is 0.221 e. The van der Waals surface area contributed by atoms with Gasteiger partial charge < -0.3 is 19.3 Å². The van der Waals surface area contributed by atoms with E-state index in [1.54, 1.807) is 0 Å². The highest BCUT2D eigenvalue weighted by Gasteiger charge is 2.42. The van der Waals surface area contributed by atoms with Gasteiger partial charge in [0.2, 0.25) is 5.79 Å². The molecule has 108 valence electrons. The predicted octanol–water partition coefficient (Wildman–Crippen LogP) is 2.55. The lowest BCUT2D eigenvalue weighted by atomic mass is 9.92. The van der Waals surface area contributed by atoms with Gasteiger partial charge in [-0.3, -0.25) is 0 Å². The van der Waals surface area contributed by atoms with Gasteiger partial charge in [0.25, 0.3) is 0 Å². The minimum atomic E-state index is -1.15. The molecule has 0 aliphatic rings. The van der Waals surface area contributed by atoms with E-state index in [2.05, 4.69) is 0 Å². The van der Waals surface area contributed by atoms with Gasteiger partial charge in [-0.1, -0.05) is 13.8 Å². The molecule has 1 unspecified atom stereocenters. The van der Waals surface area contributed by atoms with Crippen molar-refractivity contribution in [1.82, 2.24) is 0 Å². The van der Waals surface area contributed by atoms with Crippen LogP contribution in [0.25, 0.3) is 0 Å². The van der Waals surface area contributed by atoms with Gasteiger partial charge in [-0.05, 0) is 37.1 Å². The van der Waals surface area contributed by atoms with Gasteiger partial charge in [0.15, 0.2) is 0 Å². The Morgan fingerprint density at radius 2 is 1.63 bits per heavy atom. The largest absolute Gasteiger partial charge is 0.494 e. The van der Waals surface area contributed by atoms with E-state index in [0.717, 1.165) is 11.3 Å². The van der Waals surface area contributed by atoms with Crippen LogP contribution in [0.5, 0.6) is 5.75 Å². The second-order valence-electron chi connectivity index (χ2n) is 4.72. The summed E-state index contributed by atoms with van der Waals surface area (Å²) in [4.78, 5) is 0. The van der Waals surface area contributed by atoms with E-state index in [4.69, 9.17) is 14.2 Å². The summed E-state index contributed by atoms with van der Waals surface area (Å²) in [5, 5.41) is 10.4. The molecule has 4 heteroatoms. The summed E-state index contributed by atoms with van der Waals surface area (Å²) in [6.07, 6.45) is -0.763. The fraction of sp³-hybridized carbons (Fsp3) is 0.600. The SMILES string of the molecule is CCOc1ccc(C(OC)(OC)C(O)C(C)C)cc1. The highest BCUT2D eigenvalue weighted by molar-refractivity contribution is 5.30. The Morgan fingerprint density at radius 3 is 2.00 bits per heavy atom. The van der Waals surface area contributed by atoms with Crippen LogP contribution in [-0.4, -0.2) is 32.0 Å². The first-order valence-corrected chi connectivity index (χ1v) is 6.53. The van der Waals surface area contributed by atoms with Crippen molar-refractivity contribution in [3.63, 3.8) is 0 Å². The molecule has 19 heavy (non-hydrogen) atoms. The molecule has 0 heterocycles. The topological polar surface area (TPSA) is 47.9 Å². The predicted molar refractivity (Wildman–Crippen MR) is 74.2 cm³/mol. The average molecular weight is 268 g/mol. The highest BCUT2D eigenvalue weighted by Crippen LogP contribution is 2.34. The molecule has 1 rings (SSSR count). The molecular formula is C15H24O4. The Labute approximate surface area is 115 Å². The Balaban J connectivity index is 3.11. The standard InChI is InChI=1S/C15H24O4/c1-6-19-13-9-7-12(8-10-13)15(17-4,18-5)14(16)11(2)3/h7-11,14,16H,6H2,1-5H3. The summed E-state index contributed by atoms with van der Waals surface area (Å²) in [7, 11) is 3.07. The molecule has 0 aliphatic heterocycles. The Kier molecular flexibility index (Phi) is 5.79. The first kappa shape index (κ1) is 16.0. The molecule has 0 amide bonds. The van der Waals surface area contributed by atoms with Gasteiger partial charge in [-0.25, -0.2) is 0 Å². The van der Waals surface area contributed by atoms with Crippen LogP contribution < -0.4 is 4.74 Å². The Morgan fingerprint density at radius 1 is 1.11 bits per heavy atom. The average Bonchev–Trinajstić information content (AvgIpc) is 2.42. The van der Waals surface area contributed by atoms with Crippen molar-refractivity contribution in [3.8, 4) is 5.75 Å². The maximum atomic E-state index is 10.4. The molecular weight excluding hydrogens is 244 g/mol. The first-order chi connectivity index (χ1) is 9.01. The van der Waals surface area contributed by atoms with E-state index in [0.29, 0.717) is 6.61 Å². The summed E-state index contributed by atoms with van der Waals surface area (Å²) < 4.78 is 16.4. The fourth-order valence-corrected chi connectivity index (χ4v) is 2.12. The minimum Gasteiger partial charge on any atom is -0.494 e. The second-order valence-corrected chi connectivity index (χ2v) is 4.72. The maximum Gasteiger partial charge on any atom is 0.221 e. The molecule has 0 saturated carbocycles. The van der Waals surface area contributed by atoms with Crippen molar-refractivity contribution >= 4 is 0 Å². The molecule has 0 aromatic heterocycles. The van der Waals surface area contributed by atoms with Gasteiger partial charge >= 0.3 is 0 Å². The zero-order valence-corrected chi connectivity index (χ0v) is 12.3. The summed E-state index contributed by atoms with van der Waals surface area (Å²) >= 11 is 0. The van der Waals surface area contributed by atoms with Crippen LogP contribution in [0.4, 0.5) is 0 Å². The number of aliphatic hydroxyl groups excluding tert-OH is 1. The highest BCUT2D eigenvalue weighted by atomic mass is 16.7. The number of methoxy groups -OCH3 is 2. The van der Waals surface area contributed by atoms with Gasteiger partial charge in [0.05, 0.1) is 6.61 Å². The van der Waals surface area contributed by atoms with E-state index in [1.165, 1.54) is 14.2 Å². The van der Waals surface area contributed by atoms with Gasteiger partial charge in [0.1, 0.15) is 11.9 Å². The summed E-state index contributed by atoms with van der Waals surface area (Å²) in [6, 6.07) is 7.39. The molecule has 0 radical (unpaired) electrons. The zero-order chi connectivity index (χ0) is 14.5. The molecule has 0 fully saturated rings. The van der Waals surface area contributed by atoms with Crippen LogP contribution in [0.1, 0.15) is 26.3 Å². The number of benzene rings is 1. The lowest BCUT2D eigenvalue weighted by Gasteiger charge is -2.37. The van der Waals surface area contributed by atoms with Gasteiger partial charge in [-0.2, -0.15) is 0 Å². The van der Waals surface area contributed by atoms with Crippen molar-refractivity contribution in [2.45, 2.75) is 32.7 Å². The fourth-order valence-electron chi connectivity index (χ4n) is 2.12. The number of ether oxygens (including phenoxy) is 3. The van der Waals surface area contributed by atoms with Crippen molar-refractivity contribution in [3.05, 3.63) is 29.8 Å². The molecule has 1 aromatic rings. The lowest BCUT2D eigenvalue weighted by molar-refractivity contribution is -0.277. The van der Waals surface area contributed by atoms with Crippen LogP contribution in [0, 0.1) is 5.92 Å². The van der Waals surface area contributed by atoms with Crippen LogP contribution in [0.15, 0.2) is 24.3 Å². The van der Waals surface area contributed by atoms with Crippen LogP contribution in [0.3, 0.4) is 0 Å². The van der Waals surface area contributed by atoms with E-state index in [-0.39, 0.29) is 5.92 Å². The molecule has 1 N–H and O–H groups in total. The van der Waals surface area contributed by atoms with Crippen LogP contribution >= 0.6 is 0 Å². The quantitative estimate of drug-likeness (QED) is 0.772. The molecule has 0 bridgehead atoms. The summed E-state index contributed by atoms with van der Waals surface area (Å²) in [6.45, 7) is 6.40. The van der Waals surface area contributed by atoms with Crippen molar-refractivity contribution in [1.29, 1.82) is 0 Å². The molecule has 0 spiro atoms. The molecule has 1 atom stereocenters. The van der Waals surface area contributed by atoms with E-state index in [9.17, 15) is 5.11 Å². The second kappa shape index (κ2) is 6.89. The third-order valence-corrected chi connectivity index (χ3v) is 3.20. The van der Waals surface area contributed by atoms with Crippen molar-refractivity contribution in [2.24, 2.45) is 5.92 Å². The van der Waals surface area contributed by atoms with Crippen LogP contribution in [-0.2, 0) is 15.3 Å². The Bertz CT molecular complexity index is 368. The number of rotatable bonds is 7. The zero-order valence-electron chi connectivity index (χ0n) is 12.3. The Hall–Kier alpha value is -1.10. The van der Waals surface area contributed by atoms with Crippen molar-refractivity contribution < 1.29 is 19.3 Å². The van der Waals surface area contributed by atoms with E-state index >= 15 is 0 Å². The first-order valence-electron chi connectivity index (χ1n) is 6.53. The molecule has 0 saturated heterocycles. The third-order valence-electron chi connectivity index (χ3n) is 3.20. The van der Waals surface area contributed by atoms with Crippen molar-refractivity contribution in [2.75, 3.05) is 20.8 Å². The molecule has 4 nitrogen and oxygen atoms in total. The molecule has 0 aliphatic carbocycles. The number of hydrogen-bond donors (Lipinski definition) is 1. The van der Waals surface area contributed by atoms with E-state index < -0.39 is 11.9 Å². The lowest BCUT2D eigenvalue weighted by Crippen LogP contribution is -2.46. The molecule has 1 aromatic carbocycles. The maximum absolute atomic E-state index is 10.4. The van der Waals surface area contributed by atoms with E-state index in [1.807, 2.05) is 45.0 Å². The monoisotopic (exact) mass is 268 g/mol. The summed E-state index contributed by atoms with van der Waals surface area (Å²) in [5.74, 6) is -0.364.